The quantitative estimate of drug-likeness (QED) is 0.667. The van der Waals surface area contributed by atoms with Gasteiger partial charge in [0.25, 0.3) is 0 Å². The SMILES string of the molecule is CC(C)CC(C)OCC(O)CNCC1CCCN1C. The van der Waals surface area contributed by atoms with E-state index in [1.54, 1.807) is 0 Å². The molecule has 1 rings (SSSR count). The van der Waals surface area contributed by atoms with Crippen molar-refractivity contribution >= 4 is 0 Å². The van der Waals surface area contributed by atoms with Crippen LogP contribution in [0, 0.1) is 5.92 Å². The first-order valence-electron chi connectivity index (χ1n) is 7.69. The van der Waals surface area contributed by atoms with Crippen LogP contribution in [-0.4, -0.2) is 61.5 Å². The first-order valence-corrected chi connectivity index (χ1v) is 7.69. The molecule has 4 nitrogen and oxygen atoms in total. The van der Waals surface area contributed by atoms with E-state index in [-0.39, 0.29) is 6.10 Å². The summed E-state index contributed by atoms with van der Waals surface area (Å²) in [5, 5.41) is 13.2. The molecule has 0 bridgehead atoms. The Bertz CT molecular complexity index is 236. The van der Waals surface area contributed by atoms with E-state index in [0.717, 1.165) is 13.0 Å². The zero-order valence-corrected chi connectivity index (χ0v) is 13.1. The third-order valence-electron chi connectivity index (χ3n) is 3.81. The highest BCUT2D eigenvalue weighted by Crippen LogP contribution is 2.13. The molecule has 0 aromatic carbocycles. The van der Waals surface area contributed by atoms with E-state index in [0.29, 0.717) is 25.1 Å². The predicted octanol–water partition coefficient (Wildman–Crippen LogP) is 1.48. The highest BCUT2D eigenvalue weighted by molar-refractivity contribution is 4.78. The molecule has 0 amide bonds. The fourth-order valence-electron chi connectivity index (χ4n) is 2.72. The second-order valence-electron chi connectivity index (χ2n) is 6.36. The third-order valence-corrected chi connectivity index (χ3v) is 3.81. The molecule has 3 unspecified atom stereocenters. The molecule has 3 atom stereocenters. The van der Waals surface area contributed by atoms with E-state index in [1.807, 2.05) is 0 Å². The van der Waals surface area contributed by atoms with E-state index in [1.165, 1.54) is 19.4 Å². The van der Waals surface area contributed by atoms with Crippen LogP contribution < -0.4 is 5.32 Å². The van der Waals surface area contributed by atoms with Gasteiger partial charge in [-0.25, -0.2) is 0 Å². The highest BCUT2D eigenvalue weighted by Gasteiger charge is 2.20. The molecule has 0 aromatic rings. The third kappa shape index (κ3) is 7.25. The van der Waals surface area contributed by atoms with Crippen molar-refractivity contribution in [2.24, 2.45) is 5.92 Å². The van der Waals surface area contributed by atoms with E-state index in [9.17, 15) is 5.11 Å². The molecule has 1 saturated heterocycles. The molecule has 0 radical (unpaired) electrons. The van der Waals surface area contributed by atoms with Crippen molar-refractivity contribution in [2.45, 2.75) is 58.3 Å². The van der Waals surface area contributed by atoms with Crippen molar-refractivity contribution in [3.63, 3.8) is 0 Å². The lowest BCUT2D eigenvalue weighted by molar-refractivity contribution is -0.00873. The summed E-state index contributed by atoms with van der Waals surface area (Å²) in [4.78, 5) is 2.39. The summed E-state index contributed by atoms with van der Waals surface area (Å²) in [6, 6.07) is 0.632. The van der Waals surface area contributed by atoms with Gasteiger partial charge in [0.1, 0.15) is 0 Å². The van der Waals surface area contributed by atoms with Crippen molar-refractivity contribution < 1.29 is 9.84 Å². The molecule has 4 heteroatoms. The molecule has 19 heavy (non-hydrogen) atoms. The Hall–Kier alpha value is -0.160. The number of likely N-dealkylation sites (tertiary alicyclic amines) is 1. The van der Waals surface area contributed by atoms with Crippen LogP contribution in [0.4, 0.5) is 0 Å². The van der Waals surface area contributed by atoms with Gasteiger partial charge in [0.2, 0.25) is 0 Å². The van der Waals surface area contributed by atoms with Gasteiger partial charge in [0, 0.05) is 19.1 Å². The van der Waals surface area contributed by atoms with Crippen molar-refractivity contribution in [2.75, 3.05) is 33.3 Å². The maximum absolute atomic E-state index is 9.87. The van der Waals surface area contributed by atoms with Gasteiger partial charge in [-0.3, -0.25) is 0 Å². The molecule has 1 aliphatic rings. The van der Waals surface area contributed by atoms with Crippen LogP contribution in [-0.2, 0) is 4.74 Å². The lowest BCUT2D eigenvalue weighted by atomic mass is 10.1. The molecule has 0 aromatic heterocycles. The fraction of sp³-hybridized carbons (Fsp3) is 1.00. The summed E-state index contributed by atoms with van der Waals surface area (Å²) in [5.41, 5.74) is 0. The largest absolute Gasteiger partial charge is 0.389 e. The average Bonchev–Trinajstić information content (AvgIpc) is 2.72. The lowest BCUT2D eigenvalue weighted by Gasteiger charge is -2.21. The first kappa shape index (κ1) is 16.9. The number of hydrogen-bond donors (Lipinski definition) is 2. The molecule has 1 heterocycles. The van der Waals surface area contributed by atoms with Crippen LogP contribution in [0.1, 0.15) is 40.0 Å². The van der Waals surface area contributed by atoms with E-state index in [2.05, 4.69) is 38.0 Å². The molecule has 0 spiro atoms. The molecule has 114 valence electrons. The van der Waals surface area contributed by atoms with Gasteiger partial charge in [-0.15, -0.1) is 0 Å². The minimum atomic E-state index is -0.402. The standard InChI is InChI=1S/C15H32N2O2/c1-12(2)8-13(3)19-11-15(18)10-16-9-14-6-5-7-17(14)4/h12-16,18H,5-11H2,1-4H3. The van der Waals surface area contributed by atoms with Crippen molar-refractivity contribution in [1.82, 2.24) is 10.2 Å². The van der Waals surface area contributed by atoms with Crippen LogP contribution in [0.2, 0.25) is 0 Å². The fourth-order valence-corrected chi connectivity index (χ4v) is 2.72. The number of ether oxygens (including phenoxy) is 1. The normalized spacial score (nSPS) is 24.0. The van der Waals surface area contributed by atoms with Crippen LogP contribution in [0.3, 0.4) is 0 Å². The van der Waals surface area contributed by atoms with Crippen LogP contribution in [0.15, 0.2) is 0 Å². The molecule has 1 aliphatic heterocycles. The lowest BCUT2D eigenvalue weighted by Crippen LogP contribution is -2.39. The summed E-state index contributed by atoms with van der Waals surface area (Å²) in [6.45, 7) is 9.68. The monoisotopic (exact) mass is 272 g/mol. The van der Waals surface area contributed by atoms with Crippen molar-refractivity contribution in [1.29, 1.82) is 0 Å². The van der Waals surface area contributed by atoms with Gasteiger partial charge >= 0.3 is 0 Å². The minimum Gasteiger partial charge on any atom is -0.389 e. The van der Waals surface area contributed by atoms with Gasteiger partial charge in [-0.2, -0.15) is 0 Å². The summed E-state index contributed by atoms with van der Waals surface area (Å²) < 4.78 is 5.66. The minimum absolute atomic E-state index is 0.232. The molecular weight excluding hydrogens is 240 g/mol. The number of nitrogens with zero attached hydrogens (tertiary/aromatic N) is 1. The number of aliphatic hydroxyl groups excluding tert-OH is 1. The Morgan fingerprint density at radius 3 is 2.68 bits per heavy atom. The number of rotatable bonds is 9. The number of nitrogens with one attached hydrogen (secondary N) is 1. The van der Waals surface area contributed by atoms with Gasteiger partial charge in [-0.1, -0.05) is 13.8 Å². The Balaban J connectivity index is 2.02. The van der Waals surface area contributed by atoms with Gasteiger partial charge in [0.15, 0.2) is 0 Å². The summed E-state index contributed by atoms with van der Waals surface area (Å²) in [6.07, 6.45) is 3.44. The number of aliphatic hydroxyl groups is 1. The van der Waals surface area contributed by atoms with Crippen LogP contribution in [0.25, 0.3) is 0 Å². The summed E-state index contributed by atoms with van der Waals surface area (Å²) in [7, 11) is 2.17. The zero-order chi connectivity index (χ0) is 14.3. The Labute approximate surface area is 118 Å². The van der Waals surface area contributed by atoms with Gasteiger partial charge in [-0.05, 0) is 45.7 Å². The Morgan fingerprint density at radius 2 is 2.11 bits per heavy atom. The topological polar surface area (TPSA) is 44.7 Å². The summed E-state index contributed by atoms with van der Waals surface area (Å²) in [5.74, 6) is 0.642. The van der Waals surface area contributed by atoms with E-state index < -0.39 is 6.10 Å². The number of likely N-dealkylation sites (N-methyl/N-ethyl adjacent to an activating group) is 1. The zero-order valence-electron chi connectivity index (χ0n) is 13.1. The van der Waals surface area contributed by atoms with Gasteiger partial charge in [0.05, 0.1) is 18.8 Å². The van der Waals surface area contributed by atoms with E-state index >= 15 is 0 Å². The molecule has 2 N–H and O–H groups in total. The highest BCUT2D eigenvalue weighted by atomic mass is 16.5. The van der Waals surface area contributed by atoms with Crippen LogP contribution >= 0.6 is 0 Å². The molecule has 0 saturated carbocycles. The average molecular weight is 272 g/mol. The Kier molecular flexibility index (Phi) is 7.91. The molecular formula is C15H32N2O2. The molecule has 1 fully saturated rings. The van der Waals surface area contributed by atoms with Crippen molar-refractivity contribution in [3.8, 4) is 0 Å². The maximum Gasteiger partial charge on any atom is 0.0897 e. The smallest absolute Gasteiger partial charge is 0.0897 e. The van der Waals surface area contributed by atoms with Crippen LogP contribution in [0.5, 0.6) is 0 Å². The second kappa shape index (κ2) is 8.90. The van der Waals surface area contributed by atoms with Crippen molar-refractivity contribution in [3.05, 3.63) is 0 Å². The predicted molar refractivity (Wildman–Crippen MR) is 79.4 cm³/mol. The summed E-state index contributed by atoms with van der Waals surface area (Å²) >= 11 is 0. The Morgan fingerprint density at radius 1 is 1.37 bits per heavy atom. The number of hydrogen-bond acceptors (Lipinski definition) is 4. The first-order chi connectivity index (χ1) is 8.99. The van der Waals surface area contributed by atoms with E-state index in [4.69, 9.17) is 4.74 Å². The van der Waals surface area contributed by atoms with Gasteiger partial charge < -0.3 is 20.1 Å². The maximum atomic E-state index is 9.87. The molecule has 0 aliphatic carbocycles. The second-order valence-corrected chi connectivity index (χ2v) is 6.36.